The first-order valence-electron chi connectivity index (χ1n) is 9.50. The lowest BCUT2D eigenvalue weighted by Gasteiger charge is -2.29. The number of hydrogen-bond donors (Lipinski definition) is 1. The molecule has 1 aromatic carbocycles. The minimum atomic E-state index is -0.393. The minimum Gasteiger partial charge on any atom is -0.492 e. The number of nitrogens with zero attached hydrogens (tertiary/aromatic N) is 1. The maximum absolute atomic E-state index is 12.5. The van der Waals surface area contributed by atoms with E-state index in [0.29, 0.717) is 26.1 Å². The fourth-order valence-electron chi connectivity index (χ4n) is 3.27. The molecule has 0 aliphatic carbocycles. The number of benzene rings is 1. The first kappa shape index (κ1) is 20.3. The van der Waals surface area contributed by atoms with Crippen molar-refractivity contribution in [1.29, 1.82) is 0 Å². The van der Waals surface area contributed by atoms with Gasteiger partial charge in [-0.05, 0) is 35.4 Å². The number of likely N-dealkylation sites (tertiary alicyclic amines) is 1. The Morgan fingerprint density at radius 2 is 1.88 bits per heavy atom. The highest BCUT2D eigenvalue weighted by molar-refractivity contribution is 5.88. The van der Waals surface area contributed by atoms with E-state index in [1.807, 2.05) is 26.0 Å². The first-order valence-corrected chi connectivity index (χ1v) is 9.50. The summed E-state index contributed by atoms with van der Waals surface area (Å²) in [5, 5.41) is 2.91. The molecule has 5 nitrogen and oxygen atoms in total. The fraction of sp³-hybridized carbons (Fsp3) is 0.619. The van der Waals surface area contributed by atoms with Crippen LogP contribution in [0.2, 0.25) is 0 Å². The Morgan fingerprint density at radius 1 is 1.23 bits per heavy atom. The Morgan fingerprint density at radius 3 is 2.38 bits per heavy atom. The highest BCUT2D eigenvalue weighted by atomic mass is 16.5. The molecule has 0 spiro atoms. The third-order valence-corrected chi connectivity index (χ3v) is 4.74. The molecular weight excluding hydrogens is 328 g/mol. The average Bonchev–Trinajstić information content (AvgIpc) is 2.97. The molecule has 2 amide bonds. The topological polar surface area (TPSA) is 58.6 Å². The van der Waals surface area contributed by atoms with E-state index in [0.717, 1.165) is 12.2 Å². The molecule has 1 N–H and O–H groups in total. The molecule has 0 saturated carbocycles. The Labute approximate surface area is 157 Å². The molecule has 1 fully saturated rings. The van der Waals surface area contributed by atoms with Gasteiger partial charge >= 0.3 is 0 Å². The van der Waals surface area contributed by atoms with Gasteiger partial charge < -0.3 is 15.0 Å². The van der Waals surface area contributed by atoms with Crippen molar-refractivity contribution in [1.82, 2.24) is 10.2 Å². The lowest BCUT2D eigenvalue weighted by atomic mass is 9.87. The van der Waals surface area contributed by atoms with Crippen molar-refractivity contribution in [3.63, 3.8) is 0 Å². The van der Waals surface area contributed by atoms with Crippen LogP contribution in [0.3, 0.4) is 0 Å². The first-order chi connectivity index (χ1) is 12.2. The molecule has 2 rings (SSSR count). The van der Waals surface area contributed by atoms with Crippen LogP contribution in [0.4, 0.5) is 0 Å². The quantitative estimate of drug-likeness (QED) is 0.760. The van der Waals surface area contributed by atoms with Crippen LogP contribution < -0.4 is 10.1 Å². The van der Waals surface area contributed by atoms with Gasteiger partial charge in [-0.3, -0.25) is 9.59 Å². The number of carbonyl (C=O) groups is 2. The summed E-state index contributed by atoms with van der Waals surface area (Å²) >= 11 is 0. The predicted molar refractivity (Wildman–Crippen MR) is 103 cm³/mol. The second-order valence-electron chi connectivity index (χ2n) is 8.29. The van der Waals surface area contributed by atoms with Gasteiger partial charge in [-0.25, -0.2) is 0 Å². The van der Waals surface area contributed by atoms with Crippen molar-refractivity contribution in [3.05, 3.63) is 29.8 Å². The van der Waals surface area contributed by atoms with Gasteiger partial charge in [0.1, 0.15) is 18.4 Å². The summed E-state index contributed by atoms with van der Waals surface area (Å²) < 4.78 is 5.72. The van der Waals surface area contributed by atoms with Crippen LogP contribution in [0.1, 0.15) is 53.0 Å². The number of nitrogens with one attached hydrogen (secondary N) is 1. The highest BCUT2D eigenvalue weighted by Crippen LogP contribution is 2.24. The molecule has 0 bridgehead atoms. The zero-order valence-electron chi connectivity index (χ0n) is 16.7. The van der Waals surface area contributed by atoms with Crippen molar-refractivity contribution in [2.75, 3.05) is 19.7 Å². The summed E-state index contributed by atoms with van der Waals surface area (Å²) in [5.41, 5.74) is 1.37. The zero-order chi connectivity index (χ0) is 19.3. The summed E-state index contributed by atoms with van der Waals surface area (Å²) in [4.78, 5) is 26.2. The van der Waals surface area contributed by atoms with Gasteiger partial charge in [-0.15, -0.1) is 0 Å². The van der Waals surface area contributed by atoms with Gasteiger partial charge in [0.15, 0.2) is 0 Å². The SMILES string of the molecule is CC(C)C(C(=O)NCCOc1ccc(C(C)(C)C)cc1)N1CCCC1=O. The van der Waals surface area contributed by atoms with Crippen LogP contribution in [-0.4, -0.2) is 42.5 Å². The maximum Gasteiger partial charge on any atom is 0.243 e. The monoisotopic (exact) mass is 360 g/mol. The molecule has 1 saturated heterocycles. The third kappa shape index (κ3) is 5.23. The van der Waals surface area contributed by atoms with Gasteiger partial charge in [-0.2, -0.15) is 0 Å². The molecule has 1 heterocycles. The van der Waals surface area contributed by atoms with Gasteiger partial charge in [0.25, 0.3) is 0 Å². The van der Waals surface area contributed by atoms with Crippen molar-refractivity contribution in [3.8, 4) is 5.75 Å². The highest BCUT2D eigenvalue weighted by Gasteiger charge is 2.34. The Bertz CT molecular complexity index is 617. The summed E-state index contributed by atoms with van der Waals surface area (Å²) in [7, 11) is 0. The van der Waals surface area contributed by atoms with Crippen molar-refractivity contribution in [2.24, 2.45) is 5.92 Å². The number of amides is 2. The molecule has 0 radical (unpaired) electrons. The van der Waals surface area contributed by atoms with Crippen LogP contribution in [0.25, 0.3) is 0 Å². The van der Waals surface area contributed by atoms with Crippen LogP contribution in [0, 0.1) is 5.92 Å². The normalized spacial score (nSPS) is 16.1. The van der Waals surface area contributed by atoms with Gasteiger partial charge in [0, 0.05) is 13.0 Å². The number of hydrogen-bond acceptors (Lipinski definition) is 3. The smallest absolute Gasteiger partial charge is 0.243 e. The maximum atomic E-state index is 12.5. The predicted octanol–water partition coefficient (Wildman–Crippen LogP) is 3.13. The van der Waals surface area contributed by atoms with Crippen LogP contribution in [0.5, 0.6) is 5.75 Å². The molecule has 5 heteroatoms. The third-order valence-electron chi connectivity index (χ3n) is 4.74. The number of rotatable bonds is 7. The van der Waals surface area contributed by atoms with E-state index in [1.165, 1.54) is 5.56 Å². The van der Waals surface area contributed by atoms with E-state index in [2.05, 4.69) is 38.2 Å². The van der Waals surface area contributed by atoms with Gasteiger partial charge in [-0.1, -0.05) is 46.8 Å². The molecule has 1 aliphatic heterocycles. The average molecular weight is 360 g/mol. The largest absolute Gasteiger partial charge is 0.492 e. The van der Waals surface area contributed by atoms with Gasteiger partial charge in [0.05, 0.1) is 6.54 Å². The number of ether oxygens (including phenoxy) is 1. The van der Waals surface area contributed by atoms with Crippen LogP contribution in [0.15, 0.2) is 24.3 Å². The molecule has 26 heavy (non-hydrogen) atoms. The zero-order valence-corrected chi connectivity index (χ0v) is 16.7. The molecule has 1 aromatic rings. The second kappa shape index (κ2) is 8.56. The van der Waals surface area contributed by atoms with Crippen LogP contribution in [-0.2, 0) is 15.0 Å². The molecule has 144 valence electrons. The Balaban J connectivity index is 1.81. The molecule has 1 atom stereocenters. The van der Waals surface area contributed by atoms with Crippen molar-refractivity contribution in [2.45, 2.75) is 58.9 Å². The van der Waals surface area contributed by atoms with E-state index >= 15 is 0 Å². The molecule has 0 aromatic heterocycles. The van der Waals surface area contributed by atoms with Crippen LogP contribution >= 0.6 is 0 Å². The van der Waals surface area contributed by atoms with E-state index in [4.69, 9.17) is 4.74 Å². The van der Waals surface area contributed by atoms with E-state index < -0.39 is 6.04 Å². The Hall–Kier alpha value is -2.04. The summed E-state index contributed by atoms with van der Waals surface area (Å²) in [6, 6.07) is 7.67. The van der Waals surface area contributed by atoms with E-state index in [1.54, 1.807) is 4.90 Å². The van der Waals surface area contributed by atoms with E-state index in [9.17, 15) is 9.59 Å². The fourth-order valence-corrected chi connectivity index (χ4v) is 3.27. The van der Waals surface area contributed by atoms with Crippen molar-refractivity contribution >= 4 is 11.8 Å². The second-order valence-corrected chi connectivity index (χ2v) is 8.29. The molecular formula is C21H32N2O3. The molecule has 1 aliphatic rings. The van der Waals surface area contributed by atoms with Gasteiger partial charge in [0.2, 0.25) is 11.8 Å². The lowest BCUT2D eigenvalue weighted by molar-refractivity contribution is -0.139. The number of carbonyl (C=O) groups excluding carboxylic acids is 2. The summed E-state index contributed by atoms with van der Waals surface area (Å²) in [6.07, 6.45) is 1.38. The standard InChI is InChI=1S/C21H32N2O3/c1-15(2)19(23-13-6-7-18(23)24)20(25)22-12-14-26-17-10-8-16(9-11-17)21(3,4)5/h8-11,15,19H,6-7,12-14H2,1-5H3,(H,22,25). The van der Waals surface area contributed by atoms with Crippen molar-refractivity contribution < 1.29 is 14.3 Å². The summed E-state index contributed by atoms with van der Waals surface area (Å²) in [6.45, 7) is 12.0. The molecule has 1 unspecified atom stereocenters. The lowest BCUT2D eigenvalue weighted by Crippen LogP contribution is -2.51. The van der Waals surface area contributed by atoms with E-state index in [-0.39, 0.29) is 23.1 Å². The minimum absolute atomic E-state index is 0.0778. The summed E-state index contributed by atoms with van der Waals surface area (Å²) in [5.74, 6) is 0.862. The Kier molecular flexibility index (Phi) is 6.68.